The summed E-state index contributed by atoms with van der Waals surface area (Å²) >= 11 is 1.47. The lowest BCUT2D eigenvalue weighted by Gasteiger charge is -2.28. The van der Waals surface area contributed by atoms with Crippen molar-refractivity contribution in [3.8, 4) is 17.3 Å². The quantitative estimate of drug-likeness (QED) is 0.651. The summed E-state index contributed by atoms with van der Waals surface area (Å²) in [5.74, 6) is -0.588. The van der Waals surface area contributed by atoms with Crippen molar-refractivity contribution in [2.45, 2.75) is 19.9 Å². The second-order valence-corrected chi connectivity index (χ2v) is 7.68. The molecule has 1 unspecified atom stereocenters. The molecular formula is C22H17FN4OS. The first-order chi connectivity index (χ1) is 14.0. The van der Waals surface area contributed by atoms with Crippen molar-refractivity contribution in [3.05, 3.63) is 81.1 Å². The van der Waals surface area contributed by atoms with Crippen molar-refractivity contribution in [2.75, 3.05) is 0 Å². The van der Waals surface area contributed by atoms with E-state index in [-0.39, 0.29) is 11.6 Å². The van der Waals surface area contributed by atoms with Crippen LogP contribution in [0.25, 0.3) is 16.8 Å². The normalized spacial score (nSPS) is 16.2. The number of benzene rings is 2. The zero-order valence-corrected chi connectivity index (χ0v) is 16.6. The topological polar surface area (TPSA) is 77.8 Å². The third-order valence-corrected chi connectivity index (χ3v) is 5.67. The summed E-state index contributed by atoms with van der Waals surface area (Å²) in [5, 5.41) is 17.5. The number of carbonyl (C=O) groups is 1. The van der Waals surface area contributed by atoms with Crippen LogP contribution in [0.4, 0.5) is 9.18 Å². The summed E-state index contributed by atoms with van der Waals surface area (Å²) in [7, 11) is 0. The fourth-order valence-electron chi connectivity index (χ4n) is 3.29. The smallest absolute Gasteiger partial charge is 0.319 e. The summed E-state index contributed by atoms with van der Waals surface area (Å²) in [4.78, 5) is 16.9. The Hall–Kier alpha value is -3.50. The zero-order chi connectivity index (χ0) is 20.5. The van der Waals surface area contributed by atoms with Crippen LogP contribution < -0.4 is 10.6 Å². The SMILES string of the molecule is CC1=C(c2nc(-c3ccc(C)cc3)cs2)C(c2ccc(F)c(C#N)c2)NC(=O)N1. The van der Waals surface area contributed by atoms with Crippen LogP contribution in [0, 0.1) is 24.1 Å². The molecule has 1 atom stereocenters. The Balaban J connectivity index is 1.78. The Morgan fingerprint density at radius 2 is 1.93 bits per heavy atom. The Labute approximate surface area is 171 Å². The van der Waals surface area contributed by atoms with Gasteiger partial charge in [-0.1, -0.05) is 35.9 Å². The number of thiazole rings is 1. The third kappa shape index (κ3) is 3.62. The van der Waals surface area contributed by atoms with E-state index >= 15 is 0 Å². The number of nitrogens with zero attached hydrogens (tertiary/aromatic N) is 2. The number of urea groups is 1. The van der Waals surface area contributed by atoms with Crippen LogP contribution in [-0.2, 0) is 0 Å². The number of hydrogen-bond acceptors (Lipinski definition) is 4. The zero-order valence-electron chi connectivity index (χ0n) is 15.8. The summed E-state index contributed by atoms with van der Waals surface area (Å²) in [5.41, 5.74) is 5.06. The lowest BCUT2D eigenvalue weighted by atomic mass is 9.94. The van der Waals surface area contributed by atoms with E-state index < -0.39 is 11.9 Å². The molecule has 2 aromatic carbocycles. The summed E-state index contributed by atoms with van der Waals surface area (Å²) in [6.07, 6.45) is 0. The van der Waals surface area contributed by atoms with Gasteiger partial charge in [-0.2, -0.15) is 5.26 Å². The number of amides is 2. The number of hydrogen-bond donors (Lipinski definition) is 2. The second-order valence-electron chi connectivity index (χ2n) is 6.83. The van der Waals surface area contributed by atoms with E-state index in [1.807, 2.05) is 49.6 Å². The van der Waals surface area contributed by atoms with Gasteiger partial charge in [0, 0.05) is 22.2 Å². The predicted octanol–water partition coefficient (Wildman–Crippen LogP) is 4.91. The molecule has 0 fully saturated rings. The van der Waals surface area contributed by atoms with Crippen LogP contribution in [-0.4, -0.2) is 11.0 Å². The minimum Gasteiger partial charge on any atom is -0.327 e. The number of nitriles is 1. The Morgan fingerprint density at radius 1 is 1.17 bits per heavy atom. The molecule has 29 heavy (non-hydrogen) atoms. The Kier molecular flexibility index (Phi) is 4.87. The first-order valence-electron chi connectivity index (χ1n) is 8.97. The van der Waals surface area contributed by atoms with Gasteiger partial charge in [-0.15, -0.1) is 11.3 Å². The van der Waals surface area contributed by atoms with Gasteiger partial charge >= 0.3 is 6.03 Å². The maximum absolute atomic E-state index is 13.8. The van der Waals surface area contributed by atoms with Gasteiger partial charge in [0.15, 0.2) is 0 Å². The van der Waals surface area contributed by atoms with Gasteiger partial charge in [-0.3, -0.25) is 0 Å². The molecule has 0 aliphatic carbocycles. The molecule has 0 spiro atoms. The van der Waals surface area contributed by atoms with Crippen LogP contribution in [0.1, 0.15) is 34.7 Å². The van der Waals surface area contributed by atoms with Gasteiger partial charge in [0.25, 0.3) is 0 Å². The number of nitrogens with one attached hydrogen (secondary N) is 2. The molecular weight excluding hydrogens is 387 g/mol. The number of carbonyl (C=O) groups excluding carboxylic acids is 1. The molecule has 0 radical (unpaired) electrons. The molecule has 1 aliphatic heterocycles. The average molecular weight is 404 g/mol. The molecule has 2 amide bonds. The van der Waals surface area contributed by atoms with Crippen molar-refractivity contribution in [1.82, 2.24) is 15.6 Å². The molecule has 0 saturated heterocycles. The van der Waals surface area contributed by atoms with Crippen LogP contribution in [0.2, 0.25) is 0 Å². The van der Waals surface area contributed by atoms with E-state index in [9.17, 15) is 9.18 Å². The van der Waals surface area contributed by atoms with Crippen molar-refractivity contribution >= 4 is 22.9 Å². The predicted molar refractivity (Wildman–Crippen MR) is 110 cm³/mol. The minimum atomic E-state index is -0.588. The highest BCUT2D eigenvalue weighted by molar-refractivity contribution is 7.11. The molecule has 0 bridgehead atoms. The fourth-order valence-corrected chi connectivity index (χ4v) is 4.25. The number of halogens is 1. The van der Waals surface area contributed by atoms with E-state index in [0.717, 1.165) is 21.8 Å². The van der Waals surface area contributed by atoms with Crippen molar-refractivity contribution in [2.24, 2.45) is 0 Å². The van der Waals surface area contributed by atoms with Crippen molar-refractivity contribution in [3.63, 3.8) is 0 Å². The Bertz CT molecular complexity index is 1170. The second kappa shape index (κ2) is 7.49. The number of aryl methyl sites for hydroxylation is 1. The van der Waals surface area contributed by atoms with E-state index in [4.69, 9.17) is 10.2 Å². The highest BCUT2D eigenvalue weighted by atomic mass is 32.1. The Morgan fingerprint density at radius 3 is 2.66 bits per heavy atom. The van der Waals surface area contributed by atoms with Crippen molar-refractivity contribution < 1.29 is 9.18 Å². The van der Waals surface area contributed by atoms with Crippen LogP contribution in [0.5, 0.6) is 0 Å². The van der Waals surface area contributed by atoms with E-state index in [0.29, 0.717) is 11.3 Å². The molecule has 1 aliphatic rings. The van der Waals surface area contributed by atoms with Gasteiger partial charge in [-0.05, 0) is 31.5 Å². The lowest BCUT2D eigenvalue weighted by molar-refractivity contribution is 0.240. The van der Waals surface area contributed by atoms with Gasteiger partial charge in [0.05, 0.1) is 17.3 Å². The van der Waals surface area contributed by atoms with Crippen molar-refractivity contribution in [1.29, 1.82) is 5.26 Å². The van der Waals surface area contributed by atoms with Gasteiger partial charge in [0.1, 0.15) is 16.9 Å². The molecule has 5 nitrogen and oxygen atoms in total. The maximum atomic E-state index is 13.8. The number of aromatic nitrogens is 1. The summed E-state index contributed by atoms with van der Waals surface area (Å²) in [6.45, 7) is 3.84. The average Bonchev–Trinajstić information content (AvgIpc) is 3.18. The highest BCUT2D eigenvalue weighted by Gasteiger charge is 2.30. The van der Waals surface area contributed by atoms with Crippen LogP contribution in [0.15, 0.2) is 53.5 Å². The molecule has 7 heteroatoms. The standard InChI is InChI=1S/C22H17FN4OS/c1-12-3-5-14(6-4-12)18-11-29-21(26-18)19-13(2)25-22(28)27-20(19)15-7-8-17(23)16(9-15)10-24/h3-9,11,20H,1-2H3,(H2,25,27,28). The van der Waals surface area contributed by atoms with Crippen LogP contribution >= 0.6 is 11.3 Å². The van der Waals surface area contributed by atoms with Gasteiger partial charge < -0.3 is 10.6 Å². The fraction of sp³-hybridized carbons (Fsp3) is 0.136. The summed E-state index contributed by atoms with van der Waals surface area (Å²) < 4.78 is 13.8. The molecule has 144 valence electrons. The highest BCUT2D eigenvalue weighted by Crippen LogP contribution is 2.37. The molecule has 3 aromatic rings. The first kappa shape index (κ1) is 18.8. The third-order valence-electron chi connectivity index (χ3n) is 4.80. The van der Waals surface area contributed by atoms with E-state index in [1.165, 1.54) is 29.0 Å². The molecule has 2 heterocycles. The minimum absolute atomic E-state index is 0.0632. The van der Waals surface area contributed by atoms with Gasteiger partial charge in [0.2, 0.25) is 0 Å². The lowest BCUT2D eigenvalue weighted by Crippen LogP contribution is -2.42. The van der Waals surface area contributed by atoms with E-state index in [2.05, 4.69) is 10.6 Å². The van der Waals surface area contributed by atoms with Crippen LogP contribution in [0.3, 0.4) is 0 Å². The first-order valence-corrected chi connectivity index (χ1v) is 9.85. The maximum Gasteiger partial charge on any atom is 0.319 e. The largest absolute Gasteiger partial charge is 0.327 e. The molecule has 0 saturated carbocycles. The number of allylic oxidation sites excluding steroid dienone is 1. The van der Waals surface area contributed by atoms with Gasteiger partial charge in [-0.25, -0.2) is 14.2 Å². The van der Waals surface area contributed by atoms with E-state index in [1.54, 1.807) is 6.07 Å². The number of rotatable bonds is 3. The molecule has 2 N–H and O–H groups in total. The molecule has 1 aromatic heterocycles. The monoisotopic (exact) mass is 404 g/mol. The summed E-state index contributed by atoms with van der Waals surface area (Å²) in [6, 6.07) is 13.4. The molecule has 4 rings (SSSR count).